The van der Waals surface area contributed by atoms with Crippen LogP contribution in [0.15, 0.2) is 24.3 Å². The highest BCUT2D eigenvalue weighted by Gasteiger charge is 2.15. The van der Waals surface area contributed by atoms with Gasteiger partial charge in [-0.2, -0.15) is 11.8 Å². The van der Waals surface area contributed by atoms with E-state index in [-0.39, 0.29) is 0 Å². The first-order valence-corrected chi connectivity index (χ1v) is 8.57. The number of thiophene rings is 1. The van der Waals surface area contributed by atoms with Crippen LogP contribution in [0, 0.1) is 6.92 Å². The largest absolute Gasteiger partial charge is 0.306 e. The highest BCUT2D eigenvalue weighted by Crippen LogP contribution is 2.34. The van der Waals surface area contributed by atoms with Gasteiger partial charge in [-0.05, 0) is 44.0 Å². The highest BCUT2D eigenvalue weighted by atomic mass is 32.2. The van der Waals surface area contributed by atoms with Crippen molar-refractivity contribution >= 4 is 33.2 Å². The molecular weight excluding hydrogens is 258 g/mol. The molecule has 0 aliphatic heterocycles. The van der Waals surface area contributed by atoms with Crippen molar-refractivity contribution in [2.24, 2.45) is 0 Å². The van der Waals surface area contributed by atoms with E-state index < -0.39 is 0 Å². The Labute approximate surface area is 118 Å². The third-order valence-corrected chi connectivity index (χ3v) is 5.51. The second-order valence-electron chi connectivity index (χ2n) is 4.83. The van der Waals surface area contributed by atoms with Crippen molar-refractivity contribution in [3.05, 3.63) is 34.7 Å². The van der Waals surface area contributed by atoms with Gasteiger partial charge < -0.3 is 5.32 Å². The fraction of sp³-hybridized carbons (Fsp3) is 0.467. The van der Waals surface area contributed by atoms with E-state index in [0.717, 1.165) is 5.75 Å². The maximum absolute atomic E-state index is 3.69. The molecule has 0 amide bonds. The molecule has 1 aromatic heterocycles. The van der Waals surface area contributed by atoms with Crippen LogP contribution in [0.5, 0.6) is 0 Å². The molecule has 3 heteroatoms. The lowest BCUT2D eigenvalue weighted by Crippen LogP contribution is -2.30. The Morgan fingerprint density at radius 1 is 1.28 bits per heavy atom. The van der Waals surface area contributed by atoms with Crippen LogP contribution in [-0.4, -0.2) is 18.1 Å². The average Bonchev–Trinajstić information content (AvgIpc) is 2.68. The Morgan fingerprint density at radius 3 is 2.67 bits per heavy atom. The monoisotopic (exact) mass is 279 g/mol. The van der Waals surface area contributed by atoms with Gasteiger partial charge in [-0.15, -0.1) is 11.3 Å². The van der Waals surface area contributed by atoms with E-state index in [1.54, 1.807) is 0 Å². The van der Waals surface area contributed by atoms with Crippen LogP contribution in [0.1, 0.15) is 30.3 Å². The maximum atomic E-state index is 3.69. The Kier molecular flexibility index (Phi) is 4.71. The van der Waals surface area contributed by atoms with Crippen LogP contribution in [0.3, 0.4) is 0 Å². The molecule has 0 bridgehead atoms. The highest BCUT2D eigenvalue weighted by molar-refractivity contribution is 7.98. The van der Waals surface area contributed by atoms with Crippen molar-refractivity contribution in [2.75, 3.05) is 12.0 Å². The lowest BCUT2D eigenvalue weighted by Gasteiger charge is -2.19. The molecule has 2 rings (SSSR count). The van der Waals surface area contributed by atoms with Crippen LogP contribution in [-0.2, 0) is 0 Å². The summed E-state index contributed by atoms with van der Waals surface area (Å²) in [5, 5.41) is 5.09. The summed E-state index contributed by atoms with van der Waals surface area (Å²) >= 11 is 3.82. The first kappa shape index (κ1) is 13.9. The molecule has 18 heavy (non-hydrogen) atoms. The van der Waals surface area contributed by atoms with E-state index in [1.807, 2.05) is 23.1 Å². The summed E-state index contributed by atoms with van der Waals surface area (Å²) in [7, 11) is 0. The summed E-state index contributed by atoms with van der Waals surface area (Å²) < 4.78 is 1.40. The van der Waals surface area contributed by atoms with Crippen LogP contribution in [0.4, 0.5) is 0 Å². The van der Waals surface area contributed by atoms with Crippen molar-refractivity contribution in [2.45, 2.75) is 32.9 Å². The lowest BCUT2D eigenvalue weighted by molar-refractivity contribution is 0.516. The topological polar surface area (TPSA) is 12.0 Å². The number of benzene rings is 1. The Morgan fingerprint density at radius 2 is 2.00 bits per heavy atom. The molecule has 98 valence electrons. The fourth-order valence-corrected chi connectivity index (χ4v) is 4.23. The average molecular weight is 279 g/mol. The van der Waals surface area contributed by atoms with Gasteiger partial charge in [-0.1, -0.05) is 18.2 Å². The van der Waals surface area contributed by atoms with Crippen molar-refractivity contribution in [3.8, 4) is 0 Å². The van der Waals surface area contributed by atoms with E-state index in [1.165, 1.54) is 20.5 Å². The summed E-state index contributed by atoms with van der Waals surface area (Å²) in [5.41, 5.74) is 1.44. The minimum Gasteiger partial charge on any atom is -0.306 e. The molecule has 1 aromatic carbocycles. The maximum Gasteiger partial charge on any atom is 0.0391 e. The molecule has 1 nitrogen and oxygen atoms in total. The zero-order valence-electron chi connectivity index (χ0n) is 11.5. The lowest BCUT2D eigenvalue weighted by atomic mass is 10.1. The molecule has 0 aliphatic rings. The van der Waals surface area contributed by atoms with Crippen LogP contribution in [0.25, 0.3) is 10.1 Å². The predicted molar refractivity (Wildman–Crippen MR) is 86.0 cm³/mol. The smallest absolute Gasteiger partial charge is 0.0391 e. The quantitative estimate of drug-likeness (QED) is 0.857. The van der Waals surface area contributed by atoms with Gasteiger partial charge in [-0.3, -0.25) is 0 Å². The summed E-state index contributed by atoms with van der Waals surface area (Å²) in [6, 6.07) is 9.68. The number of aryl methyl sites for hydroxylation is 1. The Hall–Kier alpha value is -0.510. The standard InChI is InChI=1S/C15H21NS2/c1-10(9-17-4)16-12(3)15-11(2)13-7-5-6-8-14(13)18-15/h5-8,10,12,16H,9H2,1-4H3. The summed E-state index contributed by atoms with van der Waals surface area (Å²) in [6.07, 6.45) is 2.16. The molecular formula is C15H21NS2. The van der Waals surface area contributed by atoms with Crippen LogP contribution >= 0.6 is 23.1 Å². The second kappa shape index (κ2) is 6.09. The molecule has 1 N–H and O–H groups in total. The SMILES string of the molecule is CSCC(C)NC(C)c1sc2ccccc2c1C. The summed E-state index contributed by atoms with van der Waals surface area (Å²) in [5.74, 6) is 1.16. The van der Waals surface area contributed by atoms with Gasteiger partial charge >= 0.3 is 0 Å². The zero-order valence-corrected chi connectivity index (χ0v) is 13.1. The van der Waals surface area contributed by atoms with E-state index in [2.05, 4.69) is 56.6 Å². The molecule has 0 saturated carbocycles. The summed E-state index contributed by atoms with van der Waals surface area (Å²) in [6.45, 7) is 6.77. The molecule has 2 unspecified atom stereocenters. The van der Waals surface area contributed by atoms with Gasteiger partial charge in [0.2, 0.25) is 0 Å². The first-order valence-electron chi connectivity index (χ1n) is 6.36. The van der Waals surface area contributed by atoms with Crippen molar-refractivity contribution in [1.29, 1.82) is 0 Å². The molecule has 0 radical (unpaired) electrons. The van der Waals surface area contributed by atoms with Crippen LogP contribution < -0.4 is 5.32 Å². The first-order chi connectivity index (χ1) is 8.63. The van der Waals surface area contributed by atoms with E-state index in [4.69, 9.17) is 0 Å². The molecule has 0 aliphatic carbocycles. The molecule has 2 aromatic rings. The molecule has 2 atom stereocenters. The Balaban J connectivity index is 2.22. The Bertz CT molecular complexity index is 518. The minimum atomic E-state index is 0.435. The fourth-order valence-electron chi connectivity index (χ4n) is 2.41. The van der Waals surface area contributed by atoms with Crippen molar-refractivity contribution in [1.82, 2.24) is 5.32 Å². The number of thioether (sulfide) groups is 1. The zero-order chi connectivity index (χ0) is 13.1. The molecule has 0 saturated heterocycles. The number of fused-ring (bicyclic) bond motifs is 1. The molecule has 0 fully saturated rings. The van der Waals surface area contributed by atoms with E-state index in [9.17, 15) is 0 Å². The minimum absolute atomic E-state index is 0.435. The third kappa shape index (κ3) is 2.90. The van der Waals surface area contributed by atoms with Crippen LogP contribution in [0.2, 0.25) is 0 Å². The van der Waals surface area contributed by atoms with E-state index >= 15 is 0 Å². The van der Waals surface area contributed by atoms with Gasteiger partial charge in [-0.25, -0.2) is 0 Å². The molecule has 1 heterocycles. The van der Waals surface area contributed by atoms with Gasteiger partial charge in [0.15, 0.2) is 0 Å². The van der Waals surface area contributed by atoms with Crippen molar-refractivity contribution in [3.63, 3.8) is 0 Å². The van der Waals surface area contributed by atoms with Crippen molar-refractivity contribution < 1.29 is 0 Å². The summed E-state index contributed by atoms with van der Waals surface area (Å²) in [4.78, 5) is 1.48. The number of nitrogens with one attached hydrogen (secondary N) is 1. The van der Waals surface area contributed by atoms with Gasteiger partial charge in [0.05, 0.1) is 0 Å². The van der Waals surface area contributed by atoms with Gasteiger partial charge in [0.25, 0.3) is 0 Å². The van der Waals surface area contributed by atoms with Gasteiger partial charge in [0, 0.05) is 27.4 Å². The normalized spacial score (nSPS) is 14.9. The predicted octanol–water partition coefficient (Wildman–Crippen LogP) is 4.61. The van der Waals surface area contributed by atoms with E-state index in [0.29, 0.717) is 12.1 Å². The number of rotatable bonds is 5. The number of hydrogen-bond donors (Lipinski definition) is 1. The van der Waals surface area contributed by atoms with Gasteiger partial charge in [0.1, 0.15) is 0 Å². The third-order valence-electron chi connectivity index (χ3n) is 3.23. The molecule has 0 spiro atoms. The number of hydrogen-bond acceptors (Lipinski definition) is 3. The second-order valence-corrected chi connectivity index (χ2v) is 6.83.